The van der Waals surface area contributed by atoms with Crippen molar-refractivity contribution in [3.05, 3.63) is 39.7 Å². The van der Waals surface area contributed by atoms with Crippen LogP contribution in [0.25, 0.3) is 0 Å². The van der Waals surface area contributed by atoms with Crippen molar-refractivity contribution in [2.75, 3.05) is 13.1 Å². The van der Waals surface area contributed by atoms with E-state index in [0.29, 0.717) is 12.6 Å². The molecule has 1 aromatic rings. The number of hydrogen-bond acceptors (Lipinski definition) is 4. The molecule has 0 aromatic heterocycles. The lowest BCUT2D eigenvalue weighted by Gasteiger charge is -2.10. The molecule has 1 fully saturated rings. The molecule has 7 heteroatoms. The minimum absolute atomic E-state index is 0.241. The maximum atomic E-state index is 13.1. The van der Waals surface area contributed by atoms with Gasteiger partial charge in [-0.05, 0) is 37.9 Å². The summed E-state index contributed by atoms with van der Waals surface area (Å²) < 4.78 is 13.1. The van der Waals surface area contributed by atoms with E-state index in [0.717, 1.165) is 44.0 Å². The number of nitro benzene ring substituents is 1. The summed E-state index contributed by atoms with van der Waals surface area (Å²) in [4.78, 5) is 22.0. The maximum Gasteiger partial charge on any atom is 0.282 e. The van der Waals surface area contributed by atoms with Crippen molar-refractivity contribution in [1.82, 2.24) is 10.6 Å². The van der Waals surface area contributed by atoms with Gasteiger partial charge < -0.3 is 10.6 Å². The second-order valence-electron chi connectivity index (χ2n) is 4.76. The van der Waals surface area contributed by atoms with Gasteiger partial charge >= 0.3 is 0 Å². The zero-order chi connectivity index (χ0) is 14.5. The van der Waals surface area contributed by atoms with Crippen LogP contribution >= 0.6 is 0 Å². The van der Waals surface area contributed by atoms with Crippen LogP contribution < -0.4 is 10.6 Å². The molecule has 2 N–H and O–H groups in total. The molecule has 0 bridgehead atoms. The molecule has 6 nitrogen and oxygen atoms in total. The number of halogens is 1. The molecule has 1 amide bonds. The van der Waals surface area contributed by atoms with Crippen LogP contribution in [-0.2, 0) is 0 Å². The highest BCUT2D eigenvalue weighted by Gasteiger charge is 2.21. The lowest BCUT2D eigenvalue weighted by atomic mass is 10.1. The smallest absolute Gasteiger partial charge is 0.282 e. The van der Waals surface area contributed by atoms with E-state index in [4.69, 9.17) is 0 Å². The third-order valence-electron chi connectivity index (χ3n) is 3.34. The van der Waals surface area contributed by atoms with E-state index in [-0.39, 0.29) is 11.3 Å². The largest absolute Gasteiger partial charge is 0.352 e. The highest BCUT2D eigenvalue weighted by molar-refractivity contribution is 5.98. The molecule has 0 radical (unpaired) electrons. The van der Waals surface area contributed by atoms with Gasteiger partial charge in [-0.1, -0.05) is 0 Å². The van der Waals surface area contributed by atoms with Gasteiger partial charge in [-0.25, -0.2) is 4.39 Å². The Morgan fingerprint density at radius 3 is 3.00 bits per heavy atom. The van der Waals surface area contributed by atoms with Gasteiger partial charge in [0.1, 0.15) is 11.4 Å². The van der Waals surface area contributed by atoms with Gasteiger partial charge in [-0.2, -0.15) is 0 Å². The molecule has 1 saturated heterocycles. The van der Waals surface area contributed by atoms with Gasteiger partial charge in [-0.3, -0.25) is 14.9 Å². The highest BCUT2D eigenvalue weighted by Crippen LogP contribution is 2.19. The monoisotopic (exact) mass is 281 g/mol. The lowest BCUT2D eigenvalue weighted by Crippen LogP contribution is -2.31. The van der Waals surface area contributed by atoms with Crippen LogP contribution in [0.3, 0.4) is 0 Å². The van der Waals surface area contributed by atoms with Crippen LogP contribution in [0.4, 0.5) is 10.1 Å². The number of nitrogens with one attached hydrogen (secondary N) is 2. The predicted octanol–water partition coefficient (Wildman–Crippen LogP) is 1.61. The van der Waals surface area contributed by atoms with Crippen LogP contribution in [0, 0.1) is 15.9 Å². The quantitative estimate of drug-likeness (QED) is 0.634. The van der Waals surface area contributed by atoms with E-state index in [9.17, 15) is 19.3 Å². The first kappa shape index (κ1) is 14.4. The number of amides is 1. The topological polar surface area (TPSA) is 84.3 Å². The van der Waals surface area contributed by atoms with Crippen molar-refractivity contribution >= 4 is 11.6 Å². The number of rotatable bonds is 5. The Balaban J connectivity index is 1.97. The molecule has 1 atom stereocenters. The van der Waals surface area contributed by atoms with Crippen LogP contribution in [0.5, 0.6) is 0 Å². The first-order valence-electron chi connectivity index (χ1n) is 6.53. The summed E-state index contributed by atoms with van der Waals surface area (Å²) in [7, 11) is 0. The fourth-order valence-electron chi connectivity index (χ4n) is 2.31. The fourth-order valence-corrected chi connectivity index (χ4v) is 2.31. The first-order chi connectivity index (χ1) is 9.58. The number of nitro groups is 1. The second kappa shape index (κ2) is 6.42. The summed E-state index contributed by atoms with van der Waals surface area (Å²) in [6, 6.07) is 3.24. The number of benzene rings is 1. The standard InChI is InChI=1S/C13H16FN3O3/c14-9-3-4-12(17(19)20)11(8-9)13(18)16-7-5-10-2-1-6-15-10/h3-4,8,10,15H,1-2,5-7H2,(H,16,18)/t10-/m0/s1. The van der Waals surface area contributed by atoms with Crippen LogP contribution in [-0.4, -0.2) is 30.0 Å². The first-order valence-corrected chi connectivity index (χ1v) is 6.53. The summed E-state index contributed by atoms with van der Waals surface area (Å²) in [5, 5.41) is 16.7. The number of carbonyl (C=O) groups excluding carboxylic acids is 1. The van der Waals surface area contributed by atoms with Crippen molar-refractivity contribution in [2.45, 2.75) is 25.3 Å². The Labute approximate surface area is 115 Å². The third-order valence-corrected chi connectivity index (χ3v) is 3.34. The Kier molecular flexibility index (Phi) is 4.62. The molecule has 0 unspecified atom stereocenters. The Morgan fingerprint density at radius 1 is 1.55 bits per heavy atom. The number of nitrogens with zero attached hydrogens (tertiary/aromatic N) is 1. The average Bonchev–Trinajstić information content (AvgIpc) is 2.91. The van der Waals surface area contributed by atoms with Crippen molar-refractivity contribution in [3.63, 3.8) is 0 Å². The average molecular weight is 281 g/mol. The van der Waals surface area contributed by atoms with Gasteiger partial charge in [-0.15, -0.1) is 0 Å². The number of carbonyl (C=O) groups is 1. The zero-order valence-corrected chi connectivity index (χ0v) is 10.9. The Hall–Kier alpha value is -2.02. The van der Waals surface area contributed by atoms with Gasteiger partial charge in [0.2, 0.25) is 0 Å². The lowest BCUT2D eigenvalue weighted by molar-refractivity contribution is -0.385. The summed E-state index contributed by atoms with van der Waals surface area (Å²) in [5.74, 6) is -1.28. The minimum Gasteiger partial charge on any atom is -0.352 e. The zero-order valence-electron chi connectivity index (χ0n) is 10.9. The molecule has 1 aromatic carbocycles. The molecular weight excluding hydrogens is 265 g/mol. The molecule has 0 spiro atoms. The van der Waals surface area contributed by atoms with Gasteiger partial charge in [0.05, 0.1) is 4.92 Å². The van der Waals surface area contributed by atoms with E-state index < -0.39 is 16.6 Å². The van der Waals surface area contributed by atoms with Crippen molar-refractivity contribution in [3.8, 4) is 0 Å². The van der Waals surface area contributed by atoms with E-state index in [1.165, 1.54) is 0 Å². The minimum atomic E-state index is -0.688. The molecule has 0 aliphatic carbocycles. The van der Waals surface area contributed by atoms with Gasteiger partial charge in [0.15, 0.2) is 0 Å². The fraction of sp³-hybridized carbons (Fsp3) is 0.462. The van der Waals surface area contributed by atoms with Crippen LogP contribution in [0.1, 0.15) is 29.6 Å². The molecule has 1 aliphatic rings. The summed E-state index contributed by atoms with van der Waals surface area (Å²) in [6.45, 7) is 1.39. The van der Waals surface area contributed by atoms with Crippen molar-refractivity contribution < 1.29 is 14.1 Å². The molecule has 2 rings (SSSR count). The second-order valence-corrected chi connectivity index (χ2v) is 4.76. The maximum absolute atomic E-state index is 13.1. The molecule has 1 heterocycles. The van der Waals surface area contributed by atoms with E-state index in [2.05, 4.69) is 10.6 Å². The molecule has 1 aliphatic heterocycles. The van der Waals surface area contributed by atoms with Gasteiger partial charge in [0.25, 0.3) is 11.6 Å². The molecule has 0 saturated carbocycles. The summed E-state index contributed by atoms with van der Waals surface area (Å²) >= 11 is 0. The third kappa shape index (κ3) is 3.51. The van der Waals surface area contributed by atoms with Crippen LogP contribution in [0.2, 0.25) is 0 Å². The summed E-state index contributed by atoms with van der Waals surface area (Å²) in [6.07, 6.45) is 2.94. The normalized spacial score (nSPS) is 17.9. The molecule has 20 heavy (non-hydrogen) atoms. The van der Waals surface area contributed by atoms with Crippen molar-refractivity contribution in [2.24, 2.45) is 0 Å². The van der Waals surface area contributed by atoms with Gasteiger partial charge in [0, 0.05) is 18.7 Å². The Bertz CT molecular complexity index is 516. The number of hydrogen-bond donors (Lipinski definition) is 2. The van der Waals surface area contributed by atoms with E-state index in [1.807, 2.05) is 0 Å². The predicted molar refractivity (Wildman–Crippen MR) is 71.0 cm³/mol. The van der Waals surface area contributed by atoms with E-state index in [1.54, 1.807) is 0 Å². The molecular formula is C13H16FN3O3. The highest BCUT2D eigenvalue weighted by atomic mass is 19.1. The molecule has 108 valence electrons. The Morgan fingerprint density at radius 2 is 2.35 bits per heavy atom. The SMILES string of the molecule is O=C(NCC[C@@H]1CCCN1)c1cc(F)ccc1[N+](=O)[O-]. The summed E-state index contributed by atoms with van der Waals surface area (Å²) in [5.41, 5.74) is -0.628. The van der Waals surface area contributed by atoms with E-state index >= 15 is 0 Å². The van der Waals surface area contributed by atoms with Crippen LogP contribution in [0.15, 0.2) is 18.2 Å². The van der Waals surface area contributed by atoms with Crippen molar-refractivity contribution in [1.29, 1.82) is 0 Å².